The molecule has 0 amide bonds. The zero-order valence-corrected chi connectivity index (χ0v) is 12.5. The van der Waals surface area contributed by atoms with Gasteiger partial charge in [-0.25, -0.2) is 4.39 Å². The van der Waals surface area contributed by atoms with Gasteiger partial charge in [0.15, 0.2) is 0 Å². The summed E-state index contributed by atoms with van der Waals surface area (Å²) >= 11 is 0. The Bertz CT molecular complexity index is 529. The van der Waals surface area contributed by atoms with Gasteiger partial charge < -0.3 is 14.6 Å². The number of nitrogens with one attached hydrogen (secondary N) is 1. The van der Waals surface area contributed by atoms with Gasteiger partial charge in [0.2, 0.25) is 0 Å². The molecule has 0 saturated carbocycles. The van der Waals surface area contributed by atoms with Gasteiger partial charge in [-0.05, 0) is 63.3 Å². The maximum Gasteiger partial charge on any atom is 0.494 e. The molecule has 2 aliphatic heterocycles. The van der Waals surface area contributed by atoms with E-state index in [1.807, 2.05) is 33.8 Å². The number of hydrogen-bond acceptors (Lipinski definition) is 3. The molecule has 3 rings (SSSR count). The van der Waals surface area contributed by atoms with E-state index in [9.17, 15) is 4.39 Å². The standard InChI is InChI=1S/C15H21BFNO2/c1-14(2)15(3,4)20-16(19-14)11-7-10-9-18-6-5-12(10)13(17)8-11/h7-8,18H,5-6,9H2,1-4H3. The summed E-state index contributed by atoms with van der Waals surface area (Å²) in [5.74, 6) is -0.145. The van der Waals surface area contributed by atoms with Crippen LogP contribution in [0.2, 0.25) is 0 Å². The molecule has 5 heteroatoms. The van der Waals surface area contributed by atoms with E-state index in [1.54, 1.807) is 6.07 Å². The smallest absolute Gasteiger partial charge is 0.399 e. The van der Waals surface area contributed by atoms with Crippen LogP contribution in [0.3, 0.4) is 0 Å². The highest BCUT2D eigenvalue weighted by molar-refractivity contribution is 6.62. The van der Waals surface area contributed by atoms with Crippen LogP contribution >= 0.6 is 0 Å². The number of halogens is 1. The molecule has 0 aromatic heterocycles. The molecule has 1 aromatic rings. The highest BCUT2D eigenvalue weighted by atomic mass is 19.1. The molecule has 0 aliphatic carbocycles. The van der Waals surface area contributed by atoms with Gasteiger partial charge in [-0.3, -0.25) is 0 Å². The van der Waals surface area contributed by atoms with Crippen molar-refractivity contribution in [3.8, 4) is 0 Å². The van der Waals surface area contributed by atoms with E-state index in [4.69, 9.17) is 9.31 Å². The molecule has 3 nitrogen and oxygen atoms in total. The lowest BCUT2D eigenvalue weighted by Gasteiger charge is -2.32. The lowest BCUT2D eigenvalue weighted by molar-refractivity contribution is 0.00578. The molecule has 2 heterocycles. The molecule has 2 aliphatic rings. The maximum absolute atomic E-state index is 14.2. The van der Waals surface area contributed by atoms with Gasteiger partial charge in [0.25, 0.3) is 0 Å². The van der Waals surface area contributed by atoms with Crippen LogP contribution < -0.4 is 10.8 Å². The molecule has 0 spiro atoms. The molecule has 1 fully saturated rings. The highest BCUT2D eigenvalue weighted by Gasteiger charge is 2.51. The first-order valence-corrected chi connectivity index (χ1v) is 7.18. The average molecular weight is 277 g/mol. The second kappa shape index (κ2) is 4.55. The Morgan fingerprint density at radius 2 is 1.80 bits per heavy atom. The third-order valence-corrected chi connectivity index (χ3v) is 4.70. The summed E-state index contributed by atoms with van der Waals surface area (Å²) in [6, 6.07) is 3.57. The molecule has 0 atom stereocenters. The number of hydrogen-bond donors (Lipinski definition) is 1. The Morgan fingerprint density at radius 1 is 1.15 bits per heavy atom. The molecule has 1 aromatic carbocycles. The highest BCUT2D eigenvalue weighted by Crippen LogP contribution is 2.36. The second-order valence-corrected chi connectivity index (χ2v) is 6.66. The van der Waals surface area contributed by atoms with E-state index < -0.39 is 18.3 Å². The molecule has 108 valence electrons. The van der Waals surface area contributed by atoms with Gasteiger partial charge in [-0.2, -0.15) is 0 Å². The normalized spacial score (nSPS) is 23.8. The lowest BCUT2D eigenvalue weighted by Crippen LogP contribution is -2.41. The van der Waals surface area contributed by atoms with Crippen molar-refractivity contribution in [2.24, 2.45) is 0 Å². The minimum atomic E-state index is -0.498. The molecule has 1 N–H and O–H groups in total. The van der Waals surface area contributed by atoms with E-state index >= 15 is 0 Å². The maximum atomic E-state index is 14.2. The SMILES string of the molecule is CC1(C)OB(c2cc(F)c3c(c2)CNCC3)OC1(C)C. The van der Waals surface area contributed by atoms with Crippen LogP contribution in [0.25, 0.3) is 0 Å². The van der Waals surface area contributed by atoms with Crippen LogP contribution in [0, 0.1) is 5.82 Å². The van der Waals surface area contributed by atoms with Crippen molar-refractivity contribution in [2.75, 3.05) is 6.54 Å². The zero-order valence-electron chi connectivity index (χ0n) is 12.5. The third kappa shape index (κ3) is 2.18. The molecular formula is C15H21BFNO2. The molecule has 0 bridgehead atoms. The molecule has 0 radical (unpaired) electrons. The van der Waals surface area contributed by atoms with Gasteiger partial charge in [0, 0.05) is 6.54 Å². The van der Waals surface area contributed by atoms with Crippen molar-refractivity contribution in [3.63, 3.8) is 0 Å². The van der Waals surface area contributed by atoms with Crippen LogP contribution in [0.5, 0.6) is 0 Å². The van der Waals surface area contributed by atoms with Crippen LogP contribution in [0.4, 0.5) is 4.39 Å². The molecule has 0 unspecified atom stereocenters. The van der Waals surface area contributed by atoms with Crippen molar-refractivity contribution in [1.29, 1.82) is 0 Å². The monoisotopic (exact) mass is 277 g/mol. The minimum Gasteiger partial charge on any atom is -0.399 e. The topological polar surface area (TPSA) is 30.5 Å². The third-order valence-electron chi connectivity index (χ3n) is 4.70. The Hall–Kier alpha value is -0.905. The first-order valence-electron chi connectivity index (χ1n) is 7.18. The number of benzene rings is 1. The Kier molecular flexibility index (Phi) is 3.20. The minimum absolute atomic E-state index is 0.145. The van der Waals surface area contributed by atoms with E-state index in [2.05, 4.69) is 5.32 Å². The number of fused-ring (bicyclic) bond motifs is 1. The van der Waals surface area contributed by atoms with E-state index in [1.165, 1.54) is 0 Å². The fraction of sp³-hybridized carbons (Fsp3) is 0.600. The van der Waals surface area contributed by atoms with Crippen LogP contribution in [0.1, 0.15) is 38.8 Å². The first kappa shape index (κ1) is 14.0. The fourth-order valence-electron chi connectivity index (χ4n) is 2.71. The van der Waals surface area contributed by atoms with Crippen LogP contribution in [0.15, 0.2) is 12.1 Å². The van der Waals surface area contributed by atoms with E-state index in [0.29, 0.717) is 6.54 Å². The van der Waals surface area contributed by atoms with Crippen molar-refractivity contribution in [3.05, 3.63) is 29.1 Å². The van der Waals surface area contributed by atoms with Crippen molar-refractivity contribution < 1.29 is 13.7 Å². The summed E-state index contributed by atoms with van der Waals surface area (Å²) in [5, 5.41) is 3.27. The van der Waals surface area contributed by atoms with Crippen LogP contribution in [-0.2, 0) is 22.3 Å². The Labute approximate surface area is 120 Å². The molecule has 20 heavy (non-hydrogen) atoms. The molecular weight excluding hydrogens is 256 g/mol. The number of rotatable bonds is 1. The van der Waals surface area contributed by atoms with Crippen molar-refractivity contribution in [1.82, 2.24) is 5.32 Å². The fourth-order valence-corrected chi connectivity index (χ4v) is 2.71. The first-order chi connectivity index (χ1) is 9.30. The Balaban J connectivity index is 1.94. The molecule has 1 saturated heterocycles. The largest absolute Gasteiger partial charge is 0.494 e. The summed E-state index contributed by atoms with van der Waals surface area (Å²) < 4.78 is 26.2. The van der Waals surface area contributed by atoms with E-state index in [0.717, 1.165) is 29.6 Å². The summed E-state index contributed by atoms with van der Waals surface area (Å²) in [4.78, 5) is 0. The lowest BCUT2D eigenvalue weighted by atomic mass is 9.77. The summed E-state index contributed by atoms with van der Waals surface area (Å²) in [6.07, 6.45) is 0.741. The van der Waals surface area contributed by atoms with Gasteiger partial charge >= 0.3 is 7.12 Å². The Morgan fingerprint density at radius 3 is 2.45 bits per heavy atom. The summed E-state index contributed by atoms with van der Waals surface area (Å²) in [5.41, 5.74) is 1.80. The predicted molar refractivity (Wildman–Crippen MR) is 77.5 cm³/mol. The zero-order chi connectivity index (χ0) is 14.5. The van der Waals surface area contributed by atoms with Gasteiger partial charge in [0.05, 0.1) is 11.2 Å². The van der Waals surface area contributed by atoms with Gasteiger partial charge in [-0.15, -0.1) is 0 Å². The van der Waals surface area contributed by atoms with Crippen molar-refractivity contribution in [2.45, 2.75) is 51.9 Å². The van der Waals surface area contributed by atoms with Gasteiger partial charge in [-0.1, -0.05) is 6.07 Å². The second-order valence-electron chi connectivity index (χ2n) is 6.66. The van der Waals surface area contributed by atoms with E-state index in [-0.39, 0.29) is 5.82 Å². The van der Waals surface area contributed by atoms with Gasteiger partial charge in [0.1, 0.15) is 5.82 Å². The quantitative estimate of drug-likeness (QED) is 0.794. The summed E-state index contributed by atoms with van der Waals surface area (Å²) in [7, 11) is -0.498. The van der Waals surface area contributed by atoms with Crippen LogP contribution in [-0.4, -0.2) is 24.9 Å². The van der Waals surface area contributed by atoms with Crippen molar-refractivity contribution >= 4 is 12.6 Å². The predicted octanol–water partition coefficient (Wildman–Crippen LogP) is 1.77. The average Bonchev–Trinajstić information content (AvgIpc) is 2.58. The summed E-state index contributed by atoms with van der Waals surface area (Å²) in [6.45, 7) is 9.55.